The number of carbonyl (C=O) groups is 1. The molecule has 1 unspecified atom stereocenters. The quantitative estimate of drug-likeness (QED) is 0.601. The van der Waals surface area contributed by atoms with Gasteiger partial charge >= 0.3 is 29.1 Å². The maximum atomic E-state index is 12.5. The van der Waals surface area contributed by atoms with E-state index in [1.165, 1.54) is 24.3 Å². The number of fused-ring (bicyclic) bond motifs is 1. The molecule has 26 heavy (non-hydrogen) atoms. The van der Waals surface area contributed by atoms with Crippen LogP contribution in [0.3, 0.4) is 0 Å². The van der Waals surface area contributed by atoms with Crippen LogP contribution in [0.15, 0.2) is 30.5 Å². The Morgan fingerprint density at radius 2 is 1.92 bits per heavy atom. The molecule has 1 aromatic carbocycles. The number of carbonyl (C=O) groups excluding carboxylic acids is 1. The van der Waals surface area contributed by atoms with Crippen molar-refractivity contribution in [2.24, 2.45) is 0 Å². The lowest BCUT2D eigenvalue weighted by atomic mass is 10.3. The topological polar surface area (TPSA) is 96.2 Å². The zero-order chi connectivity index (χ0) is 18.9. The summed E-state index contributed by atoms with van der Waals surface area (Å²) in [5, 5.41) is 4.20. The molecule has 0 spiro atoms. The van der Waals surface area contributed by atoms with Gasteiger partial charge in [0.15, 0.2) is 5.65 Å². The van der Waals surface area contributed by atoms with Gasteiger partial charge in [0.25, 0.3) is 5.88 Å². The fraction of sp³-hybridized carbons (Fsp3) is 0.0769. The highest BCUT2D eigenvalue weighted by molar-refractivity contribution is 7.81. The number of hydrogen-bond acceptors (Lipinski definition) is 7. The third kappa shape index (κ3) is 3.60. The van der Waals surface area contributed by atoms with Crippen molar-refractivity contribution in [3.05, 3.63) is 35.5 Å². The Kier molecular flexibility index (Phi) is 4.78. The van der Waals surface area contributed by atoms with E-state index in [0.29, 0.717) is 10.7 Å². The average Bonchev–Trinajstić information content (AvgIpc) is 2.93. The lowest BCUT2D eigenvalue weighted by Gasteiger charge is -2.04. The van der Waals surface area contributed by atoms with Gasteiger partial charge in [0.1, 0.15) is 5.39 Å². The van der Waals surface area contributed by atoms with Crippen LogP contribution in [0, 0.1) is 0 Å². The first-order valence-corrected chi connectivity index (χ1v) is 8.04. The molecule has 1 atom stereocenters. The summed E-state index contributed by atoms with van der Waals surface area (Å²) in [4.78, 5) is 18.0. The van der Waals surface area contributed by atoms with Gasteiger partial charge in [0.05, 0.1) is 5.69 Å². The lowest BCUT2D eigenvalue weighted by Crippen LogP contribution is -2.21. The van der Waals surface area contributed by atoms with E-state index in [1.807, 2.05) is 0 Å². The Morgan fingerprint density at radius 1 is 1.23 bits per heavy atom. The predicted molar refractivity (Wildman–Crippen MR) is 83.2 cm³/mol. The fourth-order valence-electron chi connectivity index (χ4n) is 1.90. The van der Waals surface area contributed by atoms with Gasteiger partial charge in [-0.2, -0.15) is 18.2 Å². The van der Waals surface area contributed by atoms with Gasteiger partial charge in [0.2, 0.25) is 0 Å². The van der Waals surface area contributed by atoms with Crippen LogP contribution in [0.2, 0.25) is 5.02 Å². The molecule has 136 valence electrons. The van der Waals surface area contributed by atoms with E-state index in [4.69, 9.17) is 11.6 Å². The van der Waals surface area contributed by atoms with Crippen molar-refractivity contribution >= 4 is 40.2 Å². The molecule has 0 aliphatic rings. The van der Waals surface area contributed by atoms with E-state index in [0.717, 1.165) is 10.9 Å². The summed E-state index contributed by atoms with van der Waals surface area (Å²) < 4.78 is 58.8. The van der Waals surface area contributed by atoms with Crippen LogP contribution in [0.25, 0.3) is 16.7 Å². The molecular formula is C13H6ClF3N4O4S. The molecule has 2 heterocycles. The van der Waals surface area contributed by atoms with Gasteiger partial charge < -0.3 is 8.92 Å². The van der Waals surface area contributed by atoms with E-state index in [1.54, 1.807) is 0 Å². The molecule has 0 N–H and O–H groups in total. The number of alkyl halides is 3. The van der Waals surface area contributed by atoms with Crippen LogP contribution in [0.1, 0.15) is 0 Å². The summed E-state index contributed by atoms with van der Waals surface area (Å²) in [5.74, 6) is -0.608. The summed E-state index contributed by atoms with van der Waals surface area (Å²) in [6, 6.07) is 5.71. The molecule has 0 saturated carbocycles. The van der Waals surface area contributed by atoms with E-state index < -0.39 is 22.5 Å². The minimum absolute atomic E-state index is 0.0339. The van der Waals surface area contributed by atoms with Crippen molar-refractivity contribution in [1.29, 1.82) is 0 Å². The van der Waals surface area contributed by atoms with Crippen molar-refractivity contribution in [1.82, 2.24) is 19.7 Å². The van der Waals surface area contributed by atoms with Crippen molar-refractivity contribution in [2.45, 2.75) is 5.51 Å². The number of rotatable bonds is 5. The molecule has 2 aromatic heterocycles. The number of hydrogen-bond donors (Lipinski definition) is 0. The lowest BCUT2D eigenvalue weighted by molar-refractivity contribution is -0.121. The fourth-order valence-corrected chi connectivity index (χ4v) is 2.39. The second kappa shape index (κ2) is 6.88. The smallest absolute Gasteiger partial charge is 0.393 e. The third-order valence-corrected chi connectivity index (χ3v) is 3.88. The number of benzene rings is 1. The van der Waals surface area contributed by atoms with Crippen LogP contribution in [0.5, 0.6) is 11.9 Å². The van der Waals surface area contributed by atoms with Gasteiger partial charge in [-0.15, -0.1) is 5.10 Å². The highest BCUT2D eigenvalue weighted by atomic mass is 35.5. The Labute approximate surface area is 150 Å². The Bertz CT molecular complexity index is 993. The molecule has 3 aromatic rings. The molecule has 0 amide bonds. The monoisotopic (exact) mass is 406 g/mol. The molecule has 3 rings (SSSR count). The number of aromatic nitrogens is 4. The highest BCUT2D eigenvalue weighted by Gasteiger charge is 2.41. The van der Waals surface area contributed by atoms with Crippen LogP contribution in [-0.4, -0.2) is 35.9 Å². The number of ether oxygens (including phenoxy) is 1. The zero-order valence-corrected chi connectivity index (χ0v) is 13.9. The van der Waals surface area contributed by atoms with E-state index >= 15 is 0 Å². The van der Waals surface area contributed by atoms with Gasteiger partial charge in [0, 0.05) is 11.2 Å². The van der Waals surface area contributed by atoms with Crippen molar-refractivity contribution in [3.63, 3.8) is 0 Å². The molecule has 0 saturated heterocycles. The SMILES string of the molecule is O=COc1ncc2c(OS(=O)C(F)(F)F)nn(-c3ccc(Cl)cc3)c2n1. The second-order valence-electron chi connectivity index (χ2n) is 4.56. The Balaban J connectivity index is 2.15. The molecule has 8 nitrogen and oxygen atoms in total. The summed E-state index contributed by atoms with van der Waals surface area (Å²) in [5.41, 5.74) is -4.77. The van der Waals surface area contributed by atoms with Crippen LogP contribution >= 0.6 is 11.6 Å². The number of nitrogens with zero attached hydrogens (tertiary/aromatic N) is 4. The number of halogens is 4. The van der Waals surface area contributed by atoms with Crippen molar-refractivity contribution in [2.75, 3.05) is 0 Å². The summed E-state index contributed by atoms with van der Waals surface area (Å²) in [6.07, 6.45) is 1.03. The van der Waals surface area contributed by atoms with Crippen LogP contribution in [-0.2, 0) is 15.9 Å². The Morgan fingerprint density at radius 3 is 2.54 bits per heavy atom. The zero-order valence-electron chi connectivity index (χ0n) is 12.3. The largest absolute Gasteiger partial charge is 0.508 e. The van der Waals surface area contributed by atoms with Crippen molar-refractivity contribution in [3.8, 4) is 17.6 Å². The minimum Gasteiger partial charge on any atom is -0.393 e. The van der Waals surface area contributed by atoms with Gasteiger partial charge in [-0.25, -0.2) is 13.9 Å². The van der Waals surface area contributed by atoms with E-state index in [-0.39, 0.29) is 23.5 Å². The highest BCUT2D eigenvalue weighted by Crippen LogP contribution is 2.30. The molecule has 0 aliphatic heterocycles. The second-order valence-corrected chi connectivity index (χ2v) is 6.10. The average molecular weight is 407 g/mol. The van der Waals surface area contributed by atoms with E-state index in [9.17, 15) is 22.2 Å². The molecule has 0 bridgehead atoms. The summed E-state index contributed by atoms with van der Waals surface area (Å²) in [6.45, 7) is 0.0836. The van der Waals surface area contributed by atoms with Gasteiger partial charge in [-0.1, -0.05) is 11.6 Å². The molecule has 13 heteroatoms. The molecule has 0 fully saturated rings. The van der Waals surface area contributed by atoms with Crippen molar-refractivity contribution < 1.29 is 31.1 Å². The first-order valence-electron chi connectivity index (χ1n) is 6.58. The maximum absolute atomic E-state index is 12.5. The third-order valence-electron chi connectivity index (χ3n) is 2.94. The van der Waals surface area contributed by atoms with Gasteiger partial charge in [-0.3, -0.25) is 4.79 Å². The molecule has 0 radical (unpaired) electrons. The normalized spacial score (nSPS) is 12.8. The predicted octanol–water partition coefficient (Wildman–Crippen LogP) is 2.57. The first-order chi connectivity index (χ1) is 12.3. The molecular weight excluding hydrogens is 401 g/mol. The minimum atomic E-state index is -5.10. The maximum Gasteiger partial charge on any atom is 0.508 e. The summed E-state index contributed by atoms with van der Waals surface area (Å²) >= 11 is 2.16. The van der Waals surface area contributed by atoms with Crippen LogP contribution in [0.4, 0.5) is 13.2 Å². The standard InChI is InChI=1S/C13H6ClF3N4O4S/c14-7-1-3-8(4-2-7)21-10-9(5-18-12(19-10)24-6-22)11(20-21)25-26(23)13(15,16)17/h1-6H. The first kappa shape index (κ1) is 18.1. The van der Waals surface area contributed by atoms with Gasteiger partial charge in [-0.05, 0) is 24.3 Å². The molecule has 0 aliphatic carbocycles. The van der Waals surface area contributed by atoms with E-state index in [2.05, 4.69) is 24.0 Å². The Hall–Kier alpha value is -2.73. The summed E-state index contributed by atoms with van der Waals surface area (Å²) in [7, 11) is 0. The van der Waals surface area contributed by atoms with Crippen LogP contribution < -0.4 is 8.92 Å².